The SMILES string of the molecule is O=CC1(O)C2=C(C=CC1O)C(=O)c1ccccc1C2=O. The van der Waals surface area contributed by atoms with Gasteiger partial charge in [0, 0.05) is 16.7 Å². The summed E-state index contributed by atoms with van der Waals surface area (Å²) in [6, 6.07) is 6.18. The number of aliphatic hydroxyl groups is 2. The number of aldehydes is 1. The summed E-state index contributed by atoms with van der Waals surface area (Å²) in [5, 5.41) is 20.0. The van der Waals surface area contributed by atoms with Crippen LogP contribution in [0.15, 0.2) is 47.6 Å². The van der Waals surface area contributed by atoms with Crippen LogP contribution in [0.1, 0.15) is 20.7 Å². The lowest BCUT2D eigenvalue weighted by Gasteiger charge is -2.34. The highest BCUT2D eigenvalue weighted by molar-refractivity contribution is 6.30. The minimum Gasteiger partial charge on any atom is -0.385 e. The van der Waals surface area contributed by atoms with E-state index < -0.39 is 23.3 Å². The second-order valence-electron chi connectivity index (χ2n) is 4.74. The topological polar surface area (TPSA) is 91.7 Å². The van der Waals surface area contributed by atoms with E-state index in [0.29, 0.717) is 0 Å². The molecule has 100 valence electrons. The average molecular weight is 270 g/mol. The largest absolute Gasteiger partial charge is 0.385 e. The third kappa shape index (κ3) is 1.41. The molecule has 0 radical (unpaired) electrons. The summed E-state index contributed by atoms with van der Waals surface area (Å²) in [5.41, 5.74) is -2.44. The summed E-state index contributed by atoms with van der Waals surface area (Å²) in [6.07, 6.45) is 0.941. The van der Waals surface area contributed by atoms with Gasteiger partial charge in [0.2, 0.25) is 0 Å². The fourth-order valence-corrected chi connectivity index (χ4v) is 2.56. The smallest absolute Gasteiger partial charge is 0.194 e. The Morgan fingerprint density at radius 3 is 2.30 bits per heavy atom. The van der Waals surface area contributed by atoms with Gasteiger partial charge < -0.3 is 10.2 Å². The number of hydrogen-bond acceptors (Lipinski definition) is 5. The third-order valence-electron chi connectivity index (χ3n) is 3.63. The number of aliphatic hydroxyl groups excluding tert-OH is 1. The monoisotopic (exact) mass is 270 g/mol. The van der Waals surface area contributed by atoms with Crippen molar-refractivity contribution < 1.29 is 24.6 Å². The lowest BCUT2D eigenvalue weighted by molar-refractivity contribution is -0.127. The van der Waals surface area contributed by atoms with Crippen molar-refractivity contribution in [3.8, 4) is 0 Å². The zero-order valence-electron chi connectivity index (χ0n) is 10.2. The molecule has 0 heterocycles. The zero-order valence-corrected chi connectivity index (χ0v) is 10.2. The highest BCUT2D eigenvalue weighted by Crippen LogP contribution is 2.37. The third-order valence-corrected chi connectivity index (χ3v) is 3.63. The Bertz CT molecular complexity index is 713. The Labute approximate surface area is 113 Å². The van der Waals surface area contributed by atoms with Gasteiger partial charge in [0.15, 0.2) is 23.5 Å². The highest BCUT2D eigenvalue weighted by atomic mass is 16.3. The van der Waals surface area contributed by atoms with Gasteiger partial charge in [0.05, 0.1) is 5.57 Å². The quantitative estimate of drug-likeness (QED) is 0.712. The maximum atomic E-state index is 12.4. The van der Waals surface area contributed by atoms with Gasteiger partial charge in [0.25, 0.3) is 0 Å². The number of carbonyl (C=O) groups excluding carboxylic acids is 3. The van der Waals surface area contributed by atoms with Crippen molar-refractivity contribution in [1.82, 2.24) is 0 Å². The van der Waals surface area contributed by atoms with E-state index in [9.17, 15) is 24.6 Å². The molecule has 0 fully saturated rings. The molecule has 2 aliphatic carbocycles. The molecule has 0 amide bonds. The van der Waals surface area contributed by atoms with Crippen LogP contribution in [0.3, 0.4) is 0 Å². The van der Waals surface area contributed by atoms with Crippen molar-refractivity contribution in [2.24, 2.45) is 0 Å². The Kier molecular flexibility index (Phi) is 2.57. The van der Waals surface area contributed by atoms with E-state index in [4.69, 9.17) is 0 Å². The molecule has 0 aromatic heterocycles. The molecule has 2 atom stereocenters. The van der Waals surface area contributed by atoms with Crippen LogP contribution < -0.4 is 0 Å². The Hall–Kier alpha value is -2.37. The molecule has 2 N–H and O–H groups in total. The van der Waals surface area contributed by atoms with Crippen LogP contribution >= 0.6 is 0 Å². The molecule has 1 aromatic rings. The maximum Gasteiger partial charge on any atom is 0.194 e. The molecule has 0 aliphatic heterocycles. The van der Waals surface area contributed by atoms with Crippen molar-refractivity contribution in [3.05, 3.63) is 58.7 Å². The van der Waals surface area contributed by atoms with Crippen molar-refractivity contribution in [1.29, 1.82) is 0 Å². The summed E-state index contributed by atoms with van der Waals surface area (Å²) in [7, 11) is 0. The molecule has 1 aromatic carbocycles. The number of hydrogen-bond donors (Lipinski definition) is 2. The molecular formula is C15H10O5. The van der Waals surface area contributed by atoms with Gasteiger partial charge in [-0.15, -0.1) is 0 Å². The lowest BCUT2D eigenvalue weighted by Crippen LogP contribution is -2.50. The minimum atomic E-state index is -2.38. The van der Waals surface area contributed by atoms with Gasteiger partial charge in [-0.2, -0.15) is 0 Å². The van der Waals surface area contributed by atoms with E-state index in [1.54, 1.807) is 12.1 Å². The number of rotatable bonds is 1. The molecular weight excluding hydrogens is 260 g/mol. The molecule has 3 rings (SSSR count). The summed E-state index contributed by atoms with van der Waals surface area (Å²) in [6.45, 7) is 0. The second-order valence-corrected chi connectivity index (χ2v) is 4.74. The van der Waals surface area contributed by atoms with E-state index in [2.05, 4.69) is 0 Å². The first-order chi connectivity index (χ1) is 9.50. The zero-order chi connectivity index (χ0) is 14.5. The highest BCUT2D eigenvalue weighted by Gasteiger charge is 2.49. The molecule has 5 heteroatoms. The van der Waals surface area contributed by atoms with Gasteiger partial charge in [0.1, 0.15) is 6.10 Å². The maximum absolute atomic E-state index is 12.4. The Balaban J connectivity index is 2.31. The number of benzene rings is 1. The van der Waals surface area contributed by atoms with Crippen LogP contribution in [0, 0.1) is 0 Å². The van der Waals surface area contributed by atoms with Crippen molar-refractivity contribution >= 4 is 17.9 Å². The second kappa shape index (κ2) is 4.06. The molecule has 20 heavy (non-hydrogen) atoms. The Morgan fingerprint density at radius 1 is 1.10 bits per heavy atom. The molecule has 2 aliphatic rings. The predicted molar refractivity (Wildman–Crippen MR) is 68.3 cm³/mol. The van der Waals surface area contributed by atoms with Crippen LogP contribution in [0.25, 0.3) is 0 Å². The number of Topliss-reactive ketones (excluding diaryl/α,β-unsaturated/α-hetero) is 2. The fraction of sp³-hybridized carbons (Fsp3) is 0.133. The van der Waals surface area contributed by atoms with Crippen LogP contribution in [0.4, 0.5) is 0 Å². The lowest BCUT2D eigenvalue weighted by atomic mass is 9.72. The average Bonchev–Trinajstić information content (AvgIpc) is 2.47. The van der Waals surface area contributed by atoms with Crippen LogP contribution in [-0.2, 0) is 4.79 Å². The van der Waals surface area contributed by atoms with Gasteiger partial charge in [-0.3, -0.25) is 14.4 Å². The van der Waals surface area contributed by atoms with E-state index >= 15 is 0 Å². The van der Waals surface area contributed by atoms with Crippen molar-refractivity contribution in [3.63, 3.8) is 0 Å². The molecule has 0 saturated carbocycles. The van der Waals surface area contributed by atoms with Crippen LogP contribution in [-0.4, -0.2) is 39.8 Å². The minimum absolute atomic E-state index is 0.0476. The van der Waals surface area contributed by atoms with E-state index in [0.717, 1.165) is 6.08 Å². The summed E-state index contributed by atoms with van der Waals surface area (Å²) in [4.78, 5) is 35.9. The van der Waals surface area contributed by atoms with Gasteiger partial charge in [-0.05, 0) is 0 Å². The number of fused-ring (bicyclic) bond motifs is 1. The standard InChI is InChI=1S/C15H10O5/c16-7-15(20)11(17)6-5-10-12(15)14(19)9-4-2-1-3-8(9)13(10)18/h1-7,11,17,20H. The van der Waals surface area contributed by atoms with Gasteiger partial charge in [-0.1, -0.05) is 36.4 Å². The molecule has 0 bridgehead atoms. The number of allylic oxidation sites excluding steroid dienone is 2. The van der Waals surface area contributed by atoms with Crippen LogP contribution in [0.5, 0.6) is 0 Å². The first-order valence-electron chi connectivity index (χ1n) is 5.99. The number of carbonyl (C=O) groups is 3. The molecule has 0 spiro atoms. The van der Waals surface area contributed by atoms with E-state index in [1.807, 2.05) is 0 Å². The normalized spacial score (nSPS) is 28.2. The molecule has 0 saturated heterocycles. The molecule has 2 unspecified atom stereocenters. The number of ketones is 2. The first-order valence-corrected chi connectivity index (χ1v) is 5.99. The Morgan fingerprint density at radius 2 is 1.70 bits per heavy atom. The summed E-state index contributed by atoms with van der Waals surface area (Å²) in [5.74, 6) is -1.06. The van der Waals surface area contributed by atoms with Crippen molar-refractivity contribution in [2.75, 3.05) is 0 Å². The van der Waals surface area contributed by atoms with Gasteiger partial charge in [-0.25, -0.2) is 0 Å². The van der Waals surface area contributed by atoms with Crippen LogP contribution in [0.2, 0.25) is 0 Å². The van der Waals surface area contributed by atoms with Gasteiger partial charge >= 0.3 is 0 Å². The van der Waals surface area contributed by atoms with E-state index in [1.165, 1.54) is 18.2 Å². The first kappa shape index (κ1) is 12.7. The summed E-state index contributed by atoms with van der Waals surface area (Å²) >= 11 is 0. The van der Waals surface area contributed by atoms with E-state index in [-0.39, 0.29) is 28.6 Å². The fourth-order valence-electron chi connectivity index (χ4n) is 2.56. The molecule has 5 nitrogen and oxygen atoms in total. The van der Waals surface area contributed by atoms with Crippen molar-refractivity contribution in [2.45, 2.75) is 11.7 Å². The predicted octanol–water partition coefficient (Wildman–Crippen LogP) is 0.223. The summed E-state index contributed by atoms with van der Waals surface area (Å²) < 4.78 is 0.